The predicted octanol–water partition coefficient (Wildman–Crippen LogP) is 0.704. The molecule has 0 aliphatic carbocycles. The highest BCUT2D eigenvalue weighted by atomic mass is 19.3. The fourth-order valence-corrected chi connectivity index (χ4v) is 0.202. The third kappa shape index (κ3) is 0.603. The molecule has 0 radical (unpaired) electrons. The number of carbonyl (C=O) groups is 1. The lowest BCUT2D eigenvalue weighted by molar-refractivity contribution is -0.416. The van der Waals surface area contributed by atoms with Crippen LogP contribution < -0.4 is 0 Å². The largest absolute Gasteiger partial charge is 0.595 e. The van der Waals surface area contributed by atoms with Gasteiger partial charge in [0.15, 0.2) is 0 Å². The van der Waals surface area contributed by atoms with Gasteiger partial charge in [-0.25, -0.2) is 4.79 Å². The molecule has 0 atom stereocenters. The first kappa shape index (κ1) is 4.29. The predicted molar refractivity (Wildman–Crippen MR) is 12.5 cm³/mol. The maximum Gasteiger partial charge on any atom is 0.595 e. The fraction of sp³-hybridized carbons (Fsp3) is 0.500. The first-order chi connectivity index (χ1) is 3.10. The molecule has 1 fully saturated rings. The lowest BCUT2D eigenvalue weighted by atomic mass is 11.0. The summed E-state index contributed by atoms with van der Waals surface area (Å²) < 4.78 is 28.5. The zero-order valence-electron chi connectivity index (χ0n) is 2.98. The molecule has 0 amide bonds. The van der Waals surface area contributed by atoms with Crippen molar-refractivity contribution in [3.05, 3.63) is 0 Å². The number of cyclic esters (lactones) is 2. The number of hydrogen-bond acceptors (Lipinski definition) is 3. The van der Waals surface area contributed by atoms with Crippen molar-refractivity contribution in [1.82, 2.24) is 0 Å². The average Bonchev–Trinajstić information content (AvgIpc) is 1.27. The second-order valence-corrected chi connectivity index (χ2v) is 0.917. The molecule has 1 aliphatic heterocycles. The maximum atomic E-state index is 11.1. The summed E-state index contributed by atoms with van der Waals surface area (Å²) in [6.07, 6.45) is -4.98. The molecule has 3 nitrogen and oxygen atoms in total. The summed E-state index contributed by atoms with van der Waals surface area (Å²) in [5.74, 6) is 0. The smallest absolute Gasteiger partial charge is 0.333 e. The maximum absolute atomic E-state index is 11.1. The minimum absolute atomic E-state index is 1.33. The molecule has 0 bridgehead atoms. The zero-order valence-corrected chi connectivity index (χ0v) is 2.98. The molecule has 0 aromatic rings. The minimum Gasteiger partial charge on any atom is -0.333 e. The van der Waals surface area contributed by atoms with Crippen molar-refractivity contribution >= 4 is 6.16 Å². The molecule has 0 aromatic carbocycles. The average molecular weight is 110 g/mol. The Hall–Kier alpha value is -0.870. The van der Waals surface area contributed by atoms with Crippen LogP contribution in [-0.4, -0.2) is 12.5 Å². The molecular weight excluding hydrogens is 110 g/mol. The lowest BCUT2D eigenvalue weighted by Crippen LogP contribution is -2.41. The molecule has 0 saturated carbocycles. The van der Waals surface area contributed by atoms with Crippen LogP contribution in [0.4, 0.5) is 13.6 Å². The molecule has 0 spiro atoms. The third-order valence-electron chi connectivity index (χ3n) is 0.404. The van der Waals surface area contributed by atoms with Gasteiger partial charge in [-0.3, -0.25) is 0 Å². The van der Waals surface area contributed by atoms with E-state index in [0.29, 0.717) is 0 Å². The van der Waals surface area contributed by atoms with Crippen LogP contribution in [-0.2, 0) is 9.47 Å². The van der Waals surface area contributed by atoms with Crippen molar-refractivity contribution in [1.29, 1.82) is 0 Å². The molecule has 1 aliphatic rings. The van der Waals surface area contributed by atoms with Crippen LogP contribution in [0.25, 0.3) is 0 Å². The molecule has 7 heavy (non-hydrogen) atoms. The molecular formula is C2F2O3. The Balaban J connectivity index is 2.43. The van der Waals surface area contributed by atoms with Crippen molar-refractivity contribution in [2.75, 3.05) is 0 Å². The Labute approximate surface area is 36.8 Å². The van der Waals surface area contributed by atoms with Gasteiger partial charge in [0.25, 0.3) is 0 Å². The lowest BCUT2D eigenvalue weighted by Gasteiger charge is -2.21. The number of rotatable bonds is 0. The molecule has 1 saturated heterocycles. The van der Waals surface area contributed by atoms with Crippen LogP contribution in [0.5, 0.6) is 0 Å². The van der Waals surface area contributed by atoms with Crippen molar-refractivity contribution in [2.24, 2.45) is 0 Å². The van der Waals surface area contributed by atoms with Gasteiger partial charge >= 0.3 is 12.5 Å². The number of hydrogen-bond donors (Lipinski definition) is 0. The van der Waals surface area contributed by atoms with E-state index in [-0.39, 0.29) is 0 Å². The summed E-state index contributed by atoms with van der Waals surface area (Å²) >= 11 is 0. The molecule has 5 heteroatoms. The van der Waals surface area contributed by atoms with Gasteiger partial charge in [-0.1, -0.05) is 0 Å². The van der Waals surface area contributed by atoms with Crippen molar-refractivity contribution in [3.8, 4) is 0 Å². The summed E-state index contributed by atoms with van der Waals surface area (Å²) in [5.41, 5.74) is 0. The zero-order chi connectivity index (χ0) is 5.49. The molecule has 1 heterocycles. The van der Waals surface area contributed by atoms with Gasteiger partial charge in [-0.2, -0.15) is 0 Å². The fourth-order valence-electron chi connectivity index (χ4n) is 0.202. The van der Waals surface area contributed by atoms with Gasteiger partial charge in [0, 0.05) is 0 Å². The van der Waals surface area contributed by atoms with Crippen LogP contribution in [0.1, 0.15) is 0 Å². The van der Waals surface area contributed by atoms with E-state index in [1.807, 2.05) is 0 Å². The standard InChI is InChI=1S/C2F2O3/c3-2(4)6-1(5)7-2. The first-order valence-electron chi connectivity index (χ1n) is 1.40. The highest BCUT2D eigenvalue weighted by Crippen LogP contribution is 2.27. The van der Waals surface area contributed by atoms with E-state index >= 15 is 0 Å². The molecule has 1 rings (SSSR count). The summed E-state index contributed by atoms with van der Waals surface area (Å²) in [6, 6.07) is 0. The van der Waals surface area contributed by atoms with E-state index in [2.05, 4.69) is 9.47 Å². The Morgan fingerprint density at radius 3 is 1.86 bits per heavy atom. The van der Waals surface area contributed by atoms with Gasteiger partial charge in [0.1, 0.15) is 0 Å². The van der Waals surface area contributed by atoms with E-state index in [0.717, 1.165) is 0 Å². The van der Waals surface area contributed by atoms with E-state index in [1.165, 1.54) is 0 Å². The van der Waals surface area contributed by atoms with Crippen LogP contribution in [0.15, 0.2) is 0 Å². The summed E-state index contributed by atoms with van der Waals surface area (Å²) in [6.45, 7) is 0. The van der Waals surface area contributed by atoms with E-state index < -0.39 is 12.5 Å². The number of ether oxygens (including phenoxy) is 2. The van der Waals surface area contributed by atoms with E-state index in [4.69, 9.17) is 0 Å². The number of halogens is 2. The van der Waals surface area contributed by atoms with Gasteiger partial charge in [0.05, 0.1) is 0 Å². The molecule has 0 N–H and O–H groups in total. The highest BCUT2D eigenvalue weighted by molar-refractivity contribution is 5.64. The Bertz CT molecular complexity index is 99.5. The van der Waals surface area contributed by atoms with Crippen LogP contribution >= 0.6 is 0 Å². The second-order valence-electron chi connectivity index (χ2n) is 0.917. The van der Waals surface area contributed by atoms with Crippen LogP contribution in [0.3, 0.4) is 0 Å². The van der Waals surface area contributed by atoms with Gasteiger partial charge in [-0.15, -0.1) is 8.78 Å². The van der Waals surface area contributed by atoms with Crippen LogP contribution in [0, 0.1) is 0 Å². The summed E-state index contributed by atoms with van der Waals surface area (Å²) in [4.78, 5) is 9.39. The topological polar surface area (TPSA) is 35.5 Å². The SMILES string of the molecule is O=C1OC(F)(F)O1. The van der Waals surface area contributed by atoms with Gasteiger partial charge in [-0.05, 0) is 0 Å². The summed E-state index contributed by atoms with van der Waals surface area (Å²) in [7, 11) is 0. The molecule has 0 aromatic heterocycles. The second kappa shape index (κ2) is 0.853. The van der Waals surface area contributed by atoms with Gasteiger partial charge in [0.2, 0.25) is 0 Å². The minimum atomic E-state index is -3.66. The number of carbonyl (C=O) groups excluding carboxylic acids is 1. The monoisotopic (exact) mass is 110 g/mol. The van der Waals surface area contributed by atoms with E-state index in [1.54, 1.807) is 0 Å². The molecule has 40 valence electrons. The first-order valence-corrected chi connectivity index (χ1v) is 1.40. The van der Waals surface area contributed by atoms with E-state index in [9.17, 15) is 13.6 Å². The Morgan fingerprint density at radius 1 is 1.43 bits per heavy atom. The van der Waals surface area contributed by atoms with Crippen molar-refractivity contribution in [2.45, 2.75) is 6.29 Å². The summed E-state index contributed by atoms with van der Waals surface area (Å²) in [5, 5.41) is 0. The van der Waals surface area contributed by atoms with Crippen molar-refractivity contribution in [3.63, 3.8) is 0 Å². The Kier molecular flexibility index (Phi) is 0.523. The quantitative estimate of drug-likeness (QED) is 0.430. The third-order valence-corrected chi connectivity index (χ3v) is 0.404. The highest BCUT2D eigenvalue weighted by Gasteiger charge is 2.51. The normalized spacial score (nSPS) is 24.6. The van der Waals surface area contributed by atoms with Gasteiger partial charge < -0.3 is 9.47 Å². The van der Waals surface area contributed by atoms with Crippen LogP contribution in [0.2, 0.25) is 0 Å². The number of alkyl halides is 2. The molecule has 0 unspecified atom stereocenters. The van der Waals surface area contributed by atoms with Crippen molar-refractivity contribution < 1.29 is 23.0 Å². The Morgan fingerprint density at radius 2 is 1.86 bits per heavy atom.